The number of aliphatic imine (C=N–C) groups is 1. The number of fused-ring (bicyclic) bond motifs is 2. The zero-order valence-electron chi connectivity index (χ0n) is 32.9. The molecule has 2 saturated heterocycles. The normalized spacial score (nSPS) is 21.1. The molecule has 4 aliphatic heterocycles. The van der Waals surface area contributed by atoms with Gasteiger partial charge >= 0.3 is 12.2 Å². The van der Waals surface area contributed by atoms with E-state index in [0.717, 1.165) is 71.0 Å². The number of rotatable bonds is 10. The fraction of sp³-hybridized carbons (Fsp3) is 0.512. The highest BCUT2D eigenvalue weighted by Gasteiger charge is 2.40. The fourth-order valence-corrected chi connectivity index (χ4v) is 8.25. The van der Waals surface area contributed by atoms with Crippen LogP contribution in [0.25, 0.3) is 11.3 Å². The molecule has 5 heterocycles. The number of nitrogens with zero attached hydrogens (tertiary/aromatic N) is 4. The van der Waals surface area contributed by atoms with Crippen LogP contribution in [-0.2, 0) is 25.5 Å². The predicted molar refractivity (Wildman–Crippen MR) is 208 cm³/mol. The number of carbonyl (C=O) groups is 4. The summed E-state index contributed by atoms with van der Waals surface area (Å²) >= 11 is 0. The summed E-state index contributed by atoms with van der Waals surface area (Å²) < 4.78 is 15.9. The van der Waals surface area contributed by atoms with E-state index in [4.69, 9.17) is 24.2 Å². The van der Waals surface area contributed by atoms with Gasteiger partial charge in [-0.3, -0.25) is 14.6 Å². The number of aromatic amines is 1. The average molecular weight is 769 g/mol. The topological polar surface area (TPSA) is 180 Å². The number of aromatic nitrogens is 2. The summed E-state index contributed by atoms with van der Waals surface area (Å²) in [6.07, 6.45) is 4.50. The zero-order chi connectivity index (χ0) is 39.7. The molecule has 0 aliphatic carbocycles. The van der Waals surface area contributed by atoms with Gasteiger partial charge in [0.15, 0.2) is 0 Å². The smallest absolute Gasteiger partial charge is 0.407 e. The first kappa shape index (κ1) is 38.7. The molecule has 3 aromatic rings. The third-order valence-corrected chi connectivity index (χ3v) is 11.3. The molecule has 15 heteroatoms. The van der Waals surface area contributed by atoms with Crippen LogP contribution in [0.15, 0.2) is 47.6 Å². The Kier molecular flexibility index (Phi) is 11.2. The molecule has 1 aromatic heterocycles. The van der Waals surface area contributed by atoms with Gasteiger partial charge in [-0.15, -0.1) is 0 Å². The maximum atomic E-state index is 13.6. The molecule has 0 bridgehead atoms. The van der Waals surface area contributed by atoms with E-state index in [9.17, 15) is 19.2 Å². The number of amidine groups is 1. The lowest BCUT2D eigenvalue weighted by atomic mass is 9.95. The quantitative estimate of drug-likeness (QED) is 0.168. The number of ether oxygens (including phenoxy) is 3. The van der Waals surface area contributed by atoms with Crippen LogP contribution in [0, 0.1) is 11.8 Å². The minimum Gasteiger partial charge on any atom is -0.457 e. The van der Waals surface area contributed by atoms with Crippen LogP contribution in [-0.4, -0.2) is 102 Å². The van der Waals surface area contributed by atoms with Crippen LogP contribution >= 0.6 is 0 Å². The lowest BCUT2D eigenvalue weighted by Crippen LogP contribution is -2.54. The van der Waals surface area contributed by atoms with Crippen molar-refractivity contribution in [2.24, 2.45) is 16.8 Å². The molecular weight excluding hydrogens is 716 g/mol. The van der Waals surface area contributed by atoms with Crippen LogP contribution in [0.5, 0.6) is 11.5 Å². The van der Waals surface area contributed by atoms with Crippen LogP contribution in [0.3, 0.4) is 0 Å². The Hall–Kier alpha value is -5.60. The van der Waals surface area contributed by atoms with Crippen molar-refractivity contribution in [2.75, 3.05) is 33.9 Å². The van der Waals surface area contributed by atoms with Gasteiger partial charge in [0.1, 0.15) is 35.2 Å². The SMILES string of the molecule is COC(=O)N[C@H](C(=O)N1CCC[C@H]1C1=NCC(c2ccc3c(c2)Cc2cc(-c4cnc([C@@H]5CCCN5C(=O)[C@@H](NC(=O)OC)C(C)C)[nH]4)ccc2O3)N1)C(C)C. The molecule has 5 atom stereocenters. The van der Waals surface area contributed by atoms with Crippen LogP contribution in [0.4, 0.5) is 9.59 Å². The average Bonchev–Trinajstić information content (AvgIpc) is 4.03. The zero-order valence-corrected chi connectivity index (χ0v) is 32.9. The molecule has 0 saturated carbocycles. The number of nitrogens with one attached hydrogen (secondary N) is 4. The van der Waals surface area contributed by atoms with Gasteiger partial charge in [0, 0.05) is 25.1 Å². The Morgan fingerprint density at radius 1 is 0.821 bits per heavy atom. The maximum absolute atomic E-state index is 13.6. The maximum Gasteiger partial charge on any atom is 0.407 e. The first-order valence-electron chi connectivity index (χ1n) is 19.5. The highest BCUT2D eigenvalue weighted by molar-refractivity contribution is 5.95. The third kappa shape index (κ3) is 7.76. The molecule has 298 valence electrons. The second-order valence-electron chi connectivity index (χ2n) is 15.7. The number of hydrogen-bond donors (Lipinski definition) is 4. The Balaban J connectivity index is 1.02. The van der Waals surface area contributed by atoms with Crippen molar-refractivity contribution in [3.8, 4) is 22.8 Å². The van der Waals surface area contributed by atoms with Gasteiger partial charge in [0.25, 0.3) is 0 Å². The third-order valence-electron chi connectivity index (χ3n) is 11.3. The summed E-state index contributed by atoms with van der Waals surface area (Å²) in [5.74, 6) is 2.63. The predicted octanol–water partition coefficient (Wildman–Crippen LogP) is 5.23. The number of alkyl carbamates (subject to hydrolysis) is 2. The number of hydrogen-bond acceptors (Lipinski definition) is 10. The molecule has 0 spiro atoms. The minimum atomic E-state index is -0.699. The molecular formula is C41H52N8O7. The van der Waals surface area contributed by atoms with Crippen molar-refractivity contribution in [1.29, 1.82) is 0 Å². The van der Waals surface area contributed by atoms with Crippen LogP contribution < -0.4 is 20.7 Å². The second-order valence-corrected chi connectivity index (χ2v) is 15.7. The molecule has 4 N–H and O–H groups in total. The Morgan fingerprint density at radius 2 is 1.41 bits per heavy atom. The highest BCUT2D eigenvalue weighted by Crippen LogP contribution is 2.40. The molecule has 7 rings (SSSR count). The molecule has 4 amide bonds. The van der Waals surface area contributed by atoms with E-state index >= 15 is 0 Å². The van der Waals surface area contributed by atoms with Crippen LogP contribution in [0.2, 0.25) is 0 Å². The van der Waals surface area contributed by atoms with Gasteiger partial charge < -0.3 is 44.9 Å². The number of H-pyrrole nitrogens is 1. The standard InChI is InChI=1S/C41H52N8O7/c1-22(2)34(46-40(52)54-5)38(50)48-15-7-9-30(48)36-42-20-28(44-36)24-11-13-32-26(17-24)19-27-18-25(12-14-33(27)56-32)29-21-43-37(45-29)31-10-8-16-49(31)39(51)35(23(3)4)47-41(53)55-6/h11-14,17-18,20,22-23,29-31,34-35H,7-10,15-16,19,21H2,1-6H3,(H,42,44)(H,43,45)(H,46,52)(H,47,53)/t29?,30-,31-,34-,35-/m0/s1. The van der Waals surface area contributed by atoms with E-state index in [1.54, 1.807) is 6.20 Å². The lowest BCUT2D eigenvalue weighted by molar-refractivity contribution is -0.135. The Morgan fingerprint density at radius 3 is 2.04 bits per heavy atom. The molecule has 0 radical (unpaired) electrons. The van der Waals surface area contributed by atoms with Gasteiger partial charge in [-0.2, -0.15) is 0 Å². The Bertz CT molecular complexity index is 2010. The molecule has 15 nitrogen and oxygen atoms in total. The number of methoxy groups -OCH3 is 2. The molecule has 1 unspecified atom stereocenters. The van der Waals surface area contributed by atoms with Gasteiger partial charge in [-0.1, -0.05) is 33.8 Å². The first-order chi connectivity index (χ1) is 26.9. The highest BCUT2D eigenvalue weighted by atomic mass is 16.5. The van der Waals surface area contributed by atoms with Crippen LogP contribution in [0.1, 0.15) is 88.0 Å². The van der Waals surface area contributed by atoms with E-state index in [1.165, 1.54) is 14.2 Å². The van der Waals surface area contributed by atoms with Crippen molar-refractivity contribution in [3.63, 3.8) is 0 Å². The van der Waals surface area contributed by atoms with Crippen molar-refractivity contribution >= 4 is 29.8 Å². The summed E-state index contributed by atoms with van der Waals surface area (Å²) in [6, 6.07) is 10.5. The van der Waals surface area contributed by atoms with E-state index in [-0.39, 0.29) is 41.8 Å². The van der Waals surface area contributed by atoms with E-state index in [2.05, 4.69) is 39.1 Å². The number of imidazole rings is 1. The summed E-state index contributed by atoms with van der Waals surface area (Å²) in [4.78, 5) is 68.0. The van der Waals surface area contributed by atoms with Crippen molar-refractivity contribution < 1.29 is 33.4 Å². The molecule has 56 heavy (non-hydrogen) atoms. The monoisotopic (exact) mass is 768 g/mol. The molecule has 2 fully saturated rings. The van der Waals surface area contributed by atoms with E-state index in [1.807, 2.05) is 55.7 Å². The fourth-order valence-electron chi connectivity index (χ4n) is 8.25. The van der Waals surface area contributed by atoms with Gasteiger partial charge in [0.05, 0.1) is 50.8 Å². The summed E-state index contributed by atoms with van der Waals surface area (Å²) in [7, 11) is 2.58. The Labute approximate surface area is 326 Å². The molecule has 4 aliphatic rings. The van der Waals surface area contributed by atoms with E-state index < -0.39 is 24.3 Å². The van der Waals surface area contributed by atoms with Crippen molar-refractivity contribution in [1.82, 2.24) is 35.7 Å². The lowest BCUT2D eigenvalue weighted by Gasteiger charge is -2.31. The summed E-state index contributed by atoms with van der Waals surface area (Å²) in [5.41, 5.74) is 5.01. The van der Waals surface area contributed by atoms with E-state index in [0.29, 0.717) is 31.9 Å². The summed E-state index contributed by atoms with van der Waals surface area (Å²) in [6.45, 7) is 9.35. The largest absolute Gasteiger partial charge is 0.457 e. The van der Waals surface area contributed by atoms with Crippen molar-refractivity contribution in [2.45, 2.75) is 90.0 Å². The second kappa shape index (κ2) is 16.2. The van der Waals surface area contributed by atoms with Gasteiger partial charge in [-0.05, 0) is 84.5 Å². The van der Waals surface area contributed by atoms with Gasteiger partial charge in [0.2, 0.25) is 11.8 Å². The first-order valence-corrected chi connectivity index (χ1v) is 19.5. The number of amides is 4. The van der Waals surface area contributed by atoms with Crippen molar-refractivity contribution in [3.05, 3.63) is 65.1 Å². The minimum absolute atomic E-state index is 0.0489. The summed E-state index contributed by atoms with van der Waals surface area (Å²) in [5, 5.41) is 9.03. The molecule has 2 aromatic carbocycles. The number of carbonyl (C=O) groups excluding carboxylic acids is 4. The number of benzene rings is 2. The van der Waals surface area contributed by atoms with Gasteiger partial charge in [-0.25, -0.2) is 14.6 Å². The number of likely N-dealkylation sites (tertiary alicyclic amines) is 2.